The molecule has 0 atom stereocenters. The summed E-state index contributed by atoms with van der Waals surface area (Å²) < 4.78 is 1.17. The molecular weight excluding hydrogens is 264 g/mol. The number of benzene rings is 1. The molecule has 8 heteroatoms. The number of hydrogen-bond acceptors (Lipinski definition) is 5. The van der Waals surface area contributed by atoms with Crippen LogP contribution in [0, 0.1) is 28.4 Å². The number of rotatable bonds is 3. The Hall–Kier alpha value is -3.21. The van der Waals surface area contributed by atoms with E-state index in [2.05, 4.69) is 5.10 Å². The SMILES string of the molecule is Cc1cc(C(=O)O)nn1-c1ccc(C#N)cc1[N+](=O)[O-]. The molecule has 0 fully saturated rings. The summed E-state index contributed by atoms with van der Waals surface area (Å²) in [6.45, 7) is 1.58. The van der Waals surface area contributed by atoms with Crippen LogP contribution in [-0.2, 0) is 0 Å². The number of hydrogen-bond donors (Lipinski definition) is 1. The zero-order chi connectivity index (χ0) is 14.9. The quantitative estimate of drug-likeness (QED) is 0.669. The first-order chi connectivity index (χ1) is 9.43. The van der Waals surface area contributed by atoms with Gasteiger partial charge in [0.05, 0.1) is 16.6 Å². The Kier molecular flexibility index (Phi) is 3.18. The Labute approximate surface area is 112 Å². The molecule has 0 aliphatic heterocycles. The third-order valence-electron chi connectivity index (χ3n) is 2.64. The number of aromatic nitrogens is 2. The van der Waals surface area contributed by atoms with Gasteiger partial charge in [-0.1, -0.05) is 0 Å². The van der Waals surface area contributed by atoms with E-state index < -0.39 is 10.9 Å². The largest absolute Gasteiger partial charge is 0.476 e. The van der Waals surface area contributed by atoms with Crippen molar-refractivity contribution in [2.24, 2.45) is 0 Å². The highest BCUT2D eigenvalue weighted by molar-refractivity contribution is 5.85. The molecule has 0 saturated heterocycles. The molecule has 0 amide bonds. The normalized spacial score (nSPS) is 10.0. The second-order valence-corrected chi connectivity index (χ2v) is 3.96. The van der Waals surface area contributed by atoms with Crippen LogP contribution >= 0.6 is 0 Å². The molecule has 0 unspecified atom stereocenters. The molecule has 0 saturated carbocycles. The maximum absolute atomic E-state index is 11.1. The fraction of sp³-hybridized carbons (Fsp3) is 0.0833. The topological polar surface area (TPSA) is 122 Å². The van der Waals surface area contributed by atoms with Crippen molar-refractivity contribution in [1.29, 1.82) is 5.26 Å². The third-order valence-corrected chi connectivity index (χ3v) is 2.64. The minimum atomic E-state index is -1.22. The van der Waals surface area contributed by atoms with Crippen LogP contribution in [0.5, 0.6) is 0 Å². The number of aromatic carboxylic acids is 1. The summed E-state index contributed by atoms with van der Waals surface area (Å²) in [7, 11) is 0. The van der Waals surface area contributed by atoms with Gasteiger partial charge in [0.15, 0.2) is 5.69 Å². The van der Waals surface area contributed by atoms with E-state index in [9.17, 15) is 14.9 Å². The minimum Gasteiger partial charge on any atom is -0.476 e. The molecule has 0 spiro atoms. The summed E-state index contributed by atoms with van der Waals surface area (Å²) in [6, 6.07) is 7.01. The summed E-state index contributed by atoms with van der Waals surface area (Å²) in [5.41, 5.74) is 0.172. The maximum Gasteiger partial charge on any atom is 0.356 e. The molecule has 20 heavy (non-hydrogen) atoms. The average Bonchev–Trinajstić information content (AvgIpc) is 2.80. The lowest BCUT2D eigenvalue weighted by Gasteiger charge is -2.05. The molecule has 1 heterocycles. The van der Waals surface area contributed by atoms with Crippen LogP contribution < -0.4 is 0 Å². The number of nitriles is 1. The van der Waals surface area contributed by atoms with Gasteiger partial charge in [-0.05, 0) is 25.1 Å². The van der Waals surface area contributed by atoms with Gasteiger partial charge in [-0.15, -0.1) is 0 Å². The van der Waals surface area contributed by atoms with Crippen LogP contribution in [0.2, 0.25) is 0 Å². The van der Waals surface area contributed by atoms with E-state index in [1.165, 1.54) is 22.9 Å². The first-order valence-corrected chi connectivity index (χ1v) is 5.43. The van der Waals surface area contributed by atoms with E-state index in [4.69, 9.17) is 10.4 Å². The molecule has 1 aromatic heterocycles. The maximum atomic E-state index is 11.1. The number of carbonyl (C=O) groups is 1. The Morgan fingerprint density at radius 2 is 2.20 bits per heavy atom. The van der Waals surface area contributed by atoms with Crippen LogP contribution in [0.3, 0.4) is 0 Å². The van der Waals surface area contributed by atoms with E-state index in [1.807, 2.05) is 6.07 Å². The number of carboxylic acids is 1. The molecule has 0 aliphatic rings. The van der Waals surface area contributed by atoms with Crippen molar-refractivity contribution >= 4 is 11.7 Å². The molecule has 100 valence electrons. The van der Waals surface area contributed by atoms with Crippen LogP contribution in [0.15, 0.2) is 24.3 Å². The number of carboxylic acid groups (broad SMARTS) is 1. The highest BCUT2D eigenvalue weighted by atomic mass is 16.6. The standard InChI is InChI=1S/C12H8N4O4/c1-7-4-9(12(17)18)14-15(7)10-3-2-8(6-13)5-11(10)16(19)20/h2-5H,1H3,(H,17,18). The Balaban J connectivity index is 2.67. The van der Waals surface area contributed by atoms with Crippen LogP contribution in [-0.4, -0.2) is 25.8 Å². The van der Waals surface area contributed by atoms with Gasteiger partial charge in [0, 0.05) is 11.8 Å². The second-order valence-electron chi connectivity index (χ2n) is 3.96. The number of nitrogens with zero attached hydrogens (tertiary/aromatic N) is 4. The molecule has 1 aromatic carbocycles. The number of nitro groups is 1. The second kappa shape index (κ2) is 4.81. The molecular formula is C12H8N4O4. The predicted molar refractivity (Wildman–Crippen MR) is 66.6 cm³/mol. The lowest BCUT2D eigenvalue weighted by Crippen LogP contribution is -2.05. The van der Waals surface area contributed by atoms with Crippen LogP contribution in [0.25, 0.3) is 5.69 Å². The highest BCUT2D eigenvalue weighted by Gasteiger charge is 2.20. The minimum absolute atomic E-state index is 0.110. The monoisotopic (exact) mass is 272 g/mol. The van der Waals surface area contributed by atoms with Gasteiger partial charge in [-0.2, -0.15) is 10.4 Å². The summed E-state index contributed by atoms with van der Waals surface area (Å²) in [6.07, 6.45) is 0. The first kappa shape index (κ1) is 13.2. The summed E-state index contributed by atoms with van der Waals surface area (Å²) in [5, 5.41) is 32.5. The smallest absolute Gasteiger partial charge is 0.356 e. The molecule has 2 aromatic rings. The summed E-state index contributed by atoms with van der Waals surface area (Å²) in [4.78, 5) is 21.3. The summed E-state index contributed by atoms with van der Waals surface area (Å²) in [5.74, 6) is -1.22. The van der Waals surface area contributed by atoms with Crippen molar-refractivity contribution in [1.82, 2.24) is 9.78 Å². The lowest BCUT2D eigenvalue weighted by molar-refractivity contribution is -0.384. The average molecular weight is 272 g/mol. The Morgan fingerprint density at radius 1 is 1.50 bits per heavy atom. The fourth-order valence-electron chi connectivity index (χ4n) is 1.74. The molecule has 2 rings (SSSR count). The van der Waals surface area contributed by atoms with Crippen molar-refractivity contribution in [2.45, 2.75) is 6.92 Å². The van der Waals surface area contributed by atoms with E-state index in [0.717, 1.165) is 6.07 Å². The molecule has 0 bridgehead atoms. The van der Waals surface area contributed by atoms with Crippen LogP contribution in [0.1, 0.15) is 21.7 Å². The first-order valence-electron chi connectivity index (χ1n) is 5.43. The van der Waals surface area contributed by atoms with E-state index in [0.29, 0.717) is 5.69 Å². The van der Waals surface area contributed by atoms with Crippen molar-refractivity contribution in [2.75, 3.05) is 0 Å². The molecule has 0 radical (unpaired) electrons. The number of aryl methyl sites for hydroxylation is 1. The number of nitro benzene ring substituents is 1. The van der Waals surface area contributed by atoms with Gasteiger partial charge >= 0.3 is 5.97 Å². The van der Waals surface area contributed by atoms with Crippen molar-refractivity contribution in [3.63, 3.8) is 0 Å². The Morgan fingerprint density at radius 3 is 2.70 bits per heavy atom. The molecule has 0 aliphatic carbocycles. The third kappa shape index (κ3) is 2.20. The van der Waals surface area contributed by atoms with Gasteiger partial charge in [0.1, 0.15) is 5.69 Å². The van der Waals surface area contributed by atoms with E-state index >= 15 is 0 Å². The fourth-order valence-corrected chi connectivity index (χ4v) is 1.74. The van der Waals surface area contributed by atoms with Gasteiger partial charge in [-0.25, -0.2) is 9.48 Å². The highest BCUT2D eigenvalue weighted by Crippen LogP contribution is 2.25. The van der Waals surface area contributed by atoms with Crippen LogP contribution in [0.4, 0.5) is 5.69 Å². The van der Waals surface area contributed by atoms with Crippen molar-refractivity contribution in [3.8, 4) is 11.8 Å². The molecule has 1 N–H and O–H groups in total. The Bertz CT molecular complexity index is 757. The van der Waals surface area contributed by atoms with Gasteiger partial charge in [-0.3, -0.25) is 10.1 Å². The zero-order valence-corrected chi connectivity index (χ0v) is 10.3. The van der Waals surface area contributed by atoms with Gasteiger partial charge in [0.25, 0.3) is 5.69 Å². The zero-order valence-electron chi connectivity index (χ0n) is 10.3. The lowest BCUT2D eigenvalue weighted by atomic mass is 10.2. The molecule has 8 nitrogen and oxygen atoms in total. The van der Waals surface area contributed by atoms with E-state index in [-0.39, 0.29) is 22.6 Å². The van der Waals surface area contributed by atoms with Crippen molar-refractivity contribution in [3.05, 3.63) is 51.3 Å². The van der Waals surface area contributed by atoms with Gasteiger partial charge < -0.3 is 5.11 Å². The van der Waals surface area contributed by atoms with Crippen molar-refractivity contribution < 1.29 is 14.8 Å². The van der Waals surface area contributed by atoms with E-state index in [1.54, 1.807) is 6.92 Å². The predicted octanol–water partition coefficient (Wildman–Crippen LogP) is 1.66. The van der Waals surface area contributed by atoms with Gasteiger partial charge in [0.2, 0.25) is 0 Å². The summed E-state index contributed by atoms with van der Waals surface area (Å²) >= 11 is 0.